The topological polar surface area (TPSA) is 60.0 Å². The normalized spacial score (nSPS) is 20.5. The number of carbonyl (C=O) groups excluding carboxylic acids is 1. The number of anilines is 1. The SMILES string of the molecule is COc1ccc(NC(=O)N2CCCC3(C2)OCCO3)cc1. The van der Waals surface area contributed by atoms with Gasteiger partial charge in [-0.3, -0.25) is 0 Å². The van der Waals surface area contributed by atoms with Gasteiger partial charge >= 0.3 is 6.03 Å². The summed E-state index contributed by atoms with van der Waals surface area (Å²) in [5.41, 5.74) is 0.744. The number of ether oxygens (including phenoxy) is 3. The molecule has 2 aliphatic rings. The van der Waals surface area contributed by atoms with E-state index in [0.717, 1.165) is 30.8 Å². The Balaban J connectivity index is 1.61. The summed E-state index contributed by atoms with van der Waals surface area (Å²) in [6.07, 6.45) is 1.73. The molecule has 0 aromatic heterocycles. The summed E-state index contributed by atoms with van der Waals surface area (Å²) in [6, 6.07) is 7.14. The Bertz CT molecular complexity index is 497. The predicted molar refractivity (Wildman–Crippen MR) is 77.5 cm³/mol. The molecule has 0 bridgehead atoms. The zero-order valence-corrected chi connectivity index (χ0v) is 12.1. The van der Waals surface area contributed by atoms with Crippen molar-refractivity contribution < 1.29 is 19.0 Å². The van der Waals surface area contributed by atoms with Gasteiger partial charge in [-0.2, -0.15) is 0 Å². The van der Waals surface area contributed by atoms with Crippen molar-refractivity contribution >= 4 is 11.7 Å². The zero-order chi connectivity index (χ0) is 14.7. The van der Waals surface area contributed by atoms with Crippen LogP contribution in [-0.4, -0.2) is 50.1 Å². The molecule has 3 rings (SSSR count). The van der Waals surface area contributed by atoms with Crippen LogP contribution < -0.4 is 10.1 Å². The average Bonchev–Trinajstić information content (AvgIpc) is 2.96. The van der Waals surface area contributed by atoms with E-state index in [4.69, 9.17) is 14.2 Å². The van der Waals surface area contributed by atoms with Crippen molar-refractivity contribution in [2.75, 3.05) is 38.7 Å². The first kappa shape index (κ1) is 14.2. The van der Waals surface area contributed by atoms with Crippen LogP contribution in [0.3, 0.4) is 0 Å². The van der Waals surface area contributed by atoms with Crippen LogP contribution in [0.25, 0.3) is 0 Å². The summed E-state index contributed by atoms with van der Waals surface area (Å²) < 4.78 is 16.5. The molecular weight excluding hydrogens is 272 g/mol. The van der Waals surface area contributed by atoms with Crippen LogP contribution >= 0.6 is 0 Å². The molecule has 2 saturated heterocycles. The van der Waals surface area contributed by atoms with Gasteiger partial charge in [0.15, 0.2) is 5.79 Å². The molecular formula is C15H20N2O4. The van der Waals surface area contributed by atoms with Gasteiger partial charge in [-0.25, -0.2) is 4.79 Å². The van der Waals surface area contributed by atoms with Gasteiger partial charge in [0.2, 0.25) is 0 Å². The Morgan fingerprint density at radius 3 is 2.67 bits per heavy atom. The summed E-state index contributed by atoms with van der Waals surface area (Å²) in [7, 11) is 1.61. The van der Waals surface area contributed by atoms with E-state index in [1.807, 2.05) is 24.3 Å². The van der Waals surface area contributed by atoms with Gasteiger partial charge in [0.25, 0.3) is 0 Å². The fraction of sp³-hybridized carbons (Fsp3) is 0.533. The highest BCUT2D eigenvalue weighted by Gasteiger charge is 2.42. The van der Waals surface area contributed by atoms with Crippen molar-refractivity contribution in [3.8, 4) is 5.75 Å². The highest BCUT2D eigenvalue weighted by atomic mass is 16.7. The van der Waals surface area contributed by atoms with Crippen molar-refractivity contribution in [3.05, 3.63) is 24.3 Å². The predicted octanol–water partition coefficient (Wildman–Crippen LogP) is 2.07. The molecule has 1 spiro atoms. The number of nitrogens with one attached hydrogen (secondary N) is 1. The van der Waals surface area contributed by atoms with Crippen LogP contribution in [0.5, 0.6) is 5.75 Å². The Labute approximate surface area is 124 Å². The molecule has 1 N–H and O–H groups in total. The Hall–Kier alpha value is -1.79. The van der Waals surface area contributed by atoms with Crippen molar-refractivity contribution in [2.24, 2.45) is 0 Å². The molecule has 1 aromatic carbocycles. The minimum Gasteiger partial charge on any atom is -0.497 e. The van der Waals surface area contributed by atoms with Gasteiger partial charge in [0, 0.05) is 18.7 Å². The van der Waals surface area contributed by atoms with E-state index in [0.29, 0.717) is 19.8 Å². The smallest absolute Gasteiger partial charge is 0.322 e. The molecule has 2 aliphatic heterocycles. The number of rotatable bonds is 2. The van der Waals surface area contributed by atoms with Gasteiger partial charge in [-0.15, -0.1) is 0 Å². The van der Waals surface area contributed by atoms with E-state index >= 15 is 0 Å². The lowest BCUT2D eigenvalue weighted by molar-refractivity contribution is -0.182. The lowest BCUT2D eigenvalue weighted by Gasteiger charge is -2.38. The van der Waals surface area contributed by atoms with E-state index in [9.17, 15) is 4.79 Å². The number of likely N-dealkylation sites (tertiary alicyclic amines) is 1. The molecule has 2 amide bonds. The molecule has 2 fully saturated rings. The summed E-state index contributed by atoms with van der Waals surface area (Å²) in [4.78, 5) is 14.1. The highest BCUT2D eigenvalue weighted by molar-refractivity contribution is 5.89. The van der Waals surface area contributed by atoms with Crippen LogP contribution in [0.15, 0.2) is 24.3 Å². The van der Waals surface area contributed by atoms with Crippen molar-refractivity contribution in [1.82, 2.24) is 4.90 Å². The minimum absolute atomic E-state index is 0.127. The standard InChI is InChI=1S/C15H20N2O4/c1-19-13-5-3-12(4-6-13)16-14(18)17-8-2-7-15(11-17)20-9-10-21-15/h3-6H,2,7-11H2,1H3,(H,16,18). The summed E-state index contributed by atoms with van der Waals surface area (Å²) in [6.45, 7) is 2.41. The van der Waals surface area contributed by atoms with Crippen LogP contribution in [0.1, 0.15) is 12.8 Å². The summed E-state index contributed by atoms with van der Waals surface area (Å²) in [5, 5.41) is 2.89. The number of benzene rings is 1. The molecule has 2 heterocycles. The third kappa shape index (κ3) is 3.11. The number of amides is 2. The summed E-state index contributed by atoms with van der Waals surface area (Å²) in [5.74, 6) is 0.174. The van der Waals surface area contributed by atoms with Gasteiger partial charge in [0.1, 0.15) is 5.75 Å². The maximum Gasteiger partial charge on any atom is 0.322 e. The van der Waals surface area contributed by atoms with E-state index in [2.05, 4.69) is 5.32 Å². The summed E-state index contributed by atoms with van der Waals surface area (Å²) >= 11 is 0. The van der Waals surface area contributed by atoms with Gasteiger partial charge < -0.3 is 24.4 Å². The molecule has 6 nitrogen and oxygen atoms in total. The van der Waals surface area contributed by atoms with E-state index in [-0.39, 0.29) is 6.03 Å². The number of hydrogen-bond acceptors (Lipinski definition) is 4. The van der Waals surface area contributed by atoms with Crippen molar-refractivity contribution in [2.45, 2.75) is 18.6 Å². The van der Waals surface area contributed by atoms with Crippen LogP contribution in [0.4, 0.5) is 10.5 Å². The van der Waals surface area contributed by atoms with Crippen LogP contribution in [-0.2, 0) is 9.47 Å². The first-order valence-corrected chi connectivity index (χ1v) is 7.19. The number of nitrogens with zero attached hydrogens (tertiary/aromatic N) is 1. The van der Waals surface area contributed by atoms with Crippen LogP contribution in [0, 0.1) is 0 Å². The van der Waals surface area contributed by atoms with Crippen molar-refractivity contribution in [1.29, 1.82) is 0 Å². The number of carbonyl (C=O) groups is 1. The van der Waals surface area contributed by atoms with E-state index < -0.39 is 5.79 Å². The second-order valence-corrected chi connectivity index (χ2v) is 5.29. The molecule has 0 saturated carbocycles. The number of piperidine rings is 1. The first-order chi connectivity index (χ1) is 10.2. The molecule has 0 atom stereocenters. The second-order valence-electron chi connectivity index (χ2n) is 5.29. The number of methoxy groups -OCH3 is 1. The fourth-order valence-electron chi connectivity index (χ4n) is 2.77. The molecule has 114 valence electrons. The number of urea groups is 1. The van der Waals surface area contributed by atoms with Crippen LogP contribution in [0.2, 0.25) is 0 Å². The largest absolute Gasteiger partial charge is 0.497 e. The Morgan fingerprint density at radius 2 is 2.00 bits per heavy atom. The van der Waals surface area contributed by atoms with Gasteiger partial charge in [-0.05, 0) is 30.7 Å². The monoisotopic (exact) mass is 292 g/mol. The maximum absolute atomic E-state index is 12.3. The molecule has 0 unspecified atom stereocenters. The van der Waals surface area contributed by atoms with Gasteiger partial charge in [0.05, 0.1) is 26.9 Å². The Kier molecular flexibility index (Phi) is 3.98. The average molecular weight is 292 g/mol. The van der Waals surface area contributed by atoms with Crippen molar-refractivity contribution in [3.63, 3.8) is 0 Å². The molecule has 6 heteroatoms. The van der Waals surface area contributed by atoms with Gasteiger partial charge in [-0.1, -0.05) is 0 Å². The fourth-order valence-corrected chi connectivity index (χ4v) is 2.77. The van der Waals surface area contributed by atoms with E-state index in [1.54, 1.807) is 12.0 Å². The first-order valence-electron chi connectivity index (χ1n) is 7.19. The Morgan fingerprint density at radius 1 is 1.29 bits per heavy atom. The molecule has 1 aromatic rings. The molecule has 21 heavy (non-hydrogen) atoms. The second kappa shape index (κ2) is 5.91. The highest BCUT2D eigenvalue weighted by Crippen LogP contribution is 2.30. The minimum atomic E-state index is -0.588. The number of hydrogen-bond donors (Lipinski definition) is 1. The zero-order valence-electron chi connectivity index (χ0n) is 12.1. The third-order valence-corrected chi connectivity index (χ3v) is 3.86. The molecule has 0 radical (unpaired) electrons. The van der Waals surface area contributed by atoms with E-state index in [1.165, 1.54) is 0 Å². The lowest BCUT2D eigenvalue weighted by atomic mass is 10.1. The molecule has 0 aliphatic carbocycles. The maximum atomic E-state index is 12.3. The quantitative estimate of drug-likeness (QED) is 0.906. The third-order valence-electron chi connectivity index (χ3n) is 3.86. The lowest BCUT2D eigenvalue weighted by Crippen LogP contribution is -2.52.